The molecule has 2 aromatic carbocycles. The summed E-state index contributed by atoms with van der Waals surface area (Å²) in [7, 11) is 1.27. The Balaban J connectivity index is 1.66. The lowest BCUT2D eigenvalue weighted by Gasteiger charge is -2.15. The number of oxazole rings is 1. The quantitative estimate of drug-likeness (QED) is 0.482. The molecule has 0 bridgehead atoms. The van der Waals surface area contributed by atoms with Crippen LogP contribution in [0.5, 0.6) is 5.75 Å². The highest BCUT2D eigenvalue weighted by Gasteiger charge is 2.22. The molecule has 0 amide bonds. The number of hydrogen-bond donors (Lipinski definition) is 0. The predicted octanol–water partition coefficient (Wildman–Crippen LogP) is 4.49. The average molecular weight is 413 g/mol. The first-order valence-electron chi connectivity index (χ1n) is 9.64. The SMILES string of the molecule is CCO[C@@H](Cc1ccc(OCc2nc(-c3ccccc3)oc2C)cc1F)C(=O)OC. The fraction of sp³-hybridized carbons (Fsp3) is 0.304. The first-order valence-corrected chi connectivity index (χ1v) is 9.64. The topological polar surface area (TPSA) is 70.8 Å². The molecule has 0 unspecified atom stereocenters. The Morgan fingerprint density at radius 3 is 2.63 bits per heavy atom. The molecule has 3 aromatic rings. The smallest absolute Gasteiger partial charge is 0.335 e. The molecule has 0 aliphatic carbocycles. The minimum atomic E-state index is -0.851. The number of esters is 1. The summed E-state index contributed by atoms with van der Waals surface area (Å²) in [6.07, 6.45) is -0.773. The van der Waals surface area contributed by atoms with Crippen LogP contribution in [0, 0.1) is 12.7 Å². The first-order chi connectivity index (χ1) is 14.5. The van der Waals surface area contributed by atoms with Gasteiger partial charge >= 0.3 is 5.97 Å². The van der Waals surface area contributed by atoms with E-state index in [1.165, 1.54) is 13.2 Å². The molecule has 0 spiro atoms. The number of carbonyl (C=O) groups is 1. The van der Waals surface area contributed by atoms with Crippen molar-refractivity contribution in [2.75, 3.05) is 13.7 Å². The van der Waals surface area contributed by atoms with Crippen molar-refractivity contribution >= 4 is 5.97 Å². The summed E-state index contributed by atoms with van der Waals surface area (Å²) in [5.41, 5.74) is 1.85. The van der Waals surface area contributed by atoms with E-state index in [0.717, 1.165) is 5.56 Å². The third-order valence-corrected chi connectivity index (χ3v) is 4.55. The first kappa shape index (κ1) is 21.5. The third-order valence-electron chi connectivity index (χ3n) is 4.55. The lowest BCUT2D eigenvalue weighted by Crippen LogP contribution is -2.28. The molecule has 0 saturated carbocycles. The molecule has 6 nitrogen and oxygen atoms in total. The van der Waals surface area contributed by atoms with Gasteiger partial charge in [-0.1, -0.05) is 24.3 Å². The van der Waals surface area contributed by atoms with Crippen molar-refractivity contribution < 1.29 is 27.8 Å². The van der Waals surface area contributed by atoms with Crippen LogP contribution in [0.4, 0.5) is 4.39 Å². The fourth-order valence-corrected chi connectivity index (χ4v) is 2.94. The number of ether oxygens (including phenoxy) is 3. The zero-order valence-corrected chi connectivity index (χ0v) is 17.2. The van der Waals surface area contributed by atoms with Crippen molar-refractivity contribution in [3.05, 3.63) is 71.4 Å². The molecule has 0 radical (unpaired) electrons. The van der Waals surface area contributed by atoms with Gasteiger partial charge in [-0.05, 0) is 37.6 Å². The van der Waals surface area contributed by atoms with Crippen LogP contribution in [-0.4, -0.2) is 30.8 Å². The molecule has 1 heterocycles. The van der Waals surface area contributed by atoms with Gasteiger partial charge in [0.15, 0.2) is 6.10 Å². The highest BCUT2D eigenvalue weighted by molar-refractivity contribution is 5.75. The Morgan fingerprint density at radius 1 is 1.20 bits per heavy atom. The van der Waals surface area contributed by atoms with Crippen LogP contribution in [0.1, 0.15) is 23.9 Å². The molecule has 0 aliphatic heterocycles. The van der Waals surface area contributed by atoms with Gasteiger partial charge in [0, 0.05) is 24.7 Å². The Bertz CT molecular complexity index is 987. The van der Waals surface area contributed by atoms with Crippen molar-refractivity contribution in [2.24, 2.45) is 0 Å². The Labute approximate surface area is 174 Å². The highest BCUT2D eigenvalue weighted by atomic mass is 19.1. The molecule has 158 valence electrons. The van der Waals surface area contributed by atoms with Crippen molar-refractivity contribution in [1.29, 1.82) is 0 Å². The van der Waals surface area contributed by atoms with Crippen LogP contribution in [0.2, 0.25) is 0 Å². The minimum absolute atomic E-state index is 0.0788. The lowest BCUT2D eigenvalue weighted by atomic mass is 10.1. The van der Waals surface area contributed by atoms with Gasteiger partial charge in [-0.25, -0.2) is 14.2 Å². The van der Waals surface area contributed by atoms with Gasteiger partial charge < -0.3 is 18.6 Å². The molecular formula is C23H24FNO5. The van der Waals surface area contributed by atoms with Crippen LogP contribution >= 0.6 is 0 Å². The molecular weight excluding hydrogens is 389 g/mol. The third kappa shape index (κ3) is 5.24. The van der Waals surface area contributed by atoms with Gasteiger partial charge in [0.2, 0.25) is 5.89 Å². The maximum Gasteiger partial charge on any atom is 0.335 e. The van der Waals surface area contributed by atoms with E-state index < -0.39 is 17.9 Å². The van der Waals surface area contributed by atoms with Crippen molar-refractivity contribution in [3.63, 3.8) is 0 Å². The summed E-state index contributed by atoms with van der Waals surface area (Å²) in [4.78, 5) is 16.2. The second-order valence-corrected chi connectivity index (χ2v) is 6.60. The largest absolute Gasteiger partial charge is 0.487 e. The van der Waals surface area contributed by atoms with Gasteiger partial charge in [-0.3, -0.25) is 0 Å². The average Bonchev–Trinajstić information content (AvgIpc) is 3.14. The number of carbonyl (C=O) groups excluding carboxylic acids is 1. The molecule has 1 aromatic heterocycles. The van der Waals surface area contributed by atoms with Gasteiger partial charge in [0.1, 0.15) is 29.6 Å². The molecule has 7 heteroatoms. The van der Waals surface area contributed by atoms with E-state index in [1.807, 2.05) is 37.3 Å². The molecule has 0 fully saturated rings. The number of aryl methyl sites for hydroxylation is 1. The zero-order chi connectivity index (χ0) is 21.5. The summed E-state index contributed by atoms with van der Waals surface area (Å²) in [6.45, 7) is 4.04. The molecule has 0 N–H and O–H groups in total. The molecule has 0 saturated heterocycles. The van der Waals surface area contributed by atoms with E-state index in [-0.39, 0.29) is 13.0 Å². The van der Waals surface area contributed by atoms with E-state index in [0.29, 0.717) is 35.3 Å². The predicted molar refractivity (Wildman–Crippen MR) is 109 cm³/mol. The number of halogens is 1. The van der Waals surface area contributed by atoms with Crippen LogP contribution in [0.25, 0.3) is 11.5 Å². The Hall–Kier alpha value is -3.19. The van der Waals surface area contributed by atoms with E-state index in [4.69, 9.17) is 18.6 Å². The van der Waals surface area contributed by atoms with E-state index in [9.17, 15) is 9.18 Å². The molecule has 1 atom stereocenters. The normalized spacial score (nSPS) is 11.9. The Morgan fingerprint density at radius 2 is 1.97 bits per heavy atom. The van der Waals surface area contributed by atoms with Gasteiger partial charge in [0.05, 0.1) is 7.11 Å². The standard InChI is InChI=1S/C23H24FNO5/c1-4-28-21(23(26)27-3)12-17-10-11-18(13-19(17)24)29-14-20-15(2)30-22(25-20)16-8-6-5-7-9-16/h5-11,13,21H,4,12,14H2,1-3H3/t21-/m0/s1. The van der Waals surface area contributed by atoms with Crippen molar-refractivity contribution in [3.8, 4) is 17.2 Å². The van der Waals surface area contributed by atoms with E-state index in [2.05, 4.69) is 4.98 Å². The highest BCUT2D eigenvalue weighted by Crippen LogP contribution is 2.24. The number of benzene rings is 2. The molecule has 3 rings (SSSR count). The van der Waals surface area contributed by atoms with Crippen LogP contribution < -0.4 is 4.74 Å². The maximum absolute atomic E-state index is 14.5. The summed E-state index contributed by atoms with van der Waals surface area (Å²) in [6, 6.07) is 14.1. The second-order valence-electron chi connectivity index (χ2n) is 6.60. The van der Waals surface area contributed by atoms with Gasteiger partial charge in [0.25, 0.3) is 0 Å². The number of rotatable bonds is 9. The zero-order valence-electron chi connectivity index (χ0n) is 17.2. The number of nitrogens with zero attached hydrogens (tertiary/aromatic N) is 1. The Kier molecular flexibility index (Phi) is 7.19. The van der Waals surface area contributed by atoms with Gasteiger partial charge in [-0.15, -0.1) is 0 Å². The van der Waals surface area contributed by atoms with Crippen molar-refractivity contribution in [2.45, 2.75) is 33.0 Å². The minimum Gasteiger partial charge on any atom is -0.487 e. The summed E-state index contributed by atoms with van der Waals surface area (Å²) >= 11 is 0. The van der Waals surface area contributed by atoms with Crippen molar-refractivity contribution in [1.82, 2.24) is 4.98 Å². The van der Waals surface area contributed by atoms with Gasteiger partial charge in [-0.2, -0.15) is 0 Å². The number of methoxy groups -OCH3 is 1. The summed E-state index contributed by atoms with van der Waals surface area (Å²) < 4.78 is 36.0. The summed E-state index contributed by atoms with van der Waals surface area (Å²) in [5.74, 6) is 0.489. The number of aromatic nitrogens is 1. The maximum atomic E-state index is 14.5. The number of hydrogen-bond acceptors (Lipinski definition) is 6. The molecule has 0 aliphatic rings. The monoisotopic (exact) mass is 413 g/mol. The van der Waals surface area contributed by atoms with Crippen LogP contribution in [0.3, 0.4) is 0 Å². The van der Waals surface area contributed by atoms with Crippen LogP contribution in [0.15, 0.2) is 52.9 Å². The van der Waals surface area contributed by atoms with E-state index >= 15 is 0 Å². The molecule has 30 heavy (non-hydrogen) atoms. The fourth-order valence-electron chi connectivity index (χ4n) is 2.94. The summed E-state index contributed by atoms with van der Waals surface area (Å²) in [5, 5.41) is 0. The lowest BCUT2D eigenvalue weighted by molar-refractivity contribution is -0.153. The second kappa shape index (κ2) is 10.0. The van der Waals surface area contributed by atoms with E-state index in [1.54, 1.807) is 19.1 Å². The van der Waals surface area contributed by atoms with Crippen LogP contribution in [-0.2, 0) is 27.3 Å².